The summed E-state index contributed by atoms with van der Waals surface area (Å²) in [6.45, 7) is 6.29. The average molecular weight is 378 g/mol. The molecule has 1 aromatic rings. The number of urea groups is 1. The van der Waals surface area contributed by atoms with Crippen LogP contribution in [0.15, 0.2) is 24.3 Å². The first-order valence-corrected chi connectivity index (χ1v) is 10.4. The quantitative estimate of drug-likeness (QED) is 0.806. The van der Waals surface area contributed by atoms with Gasteiger partial charge in [0.2, 0.25) is 0 Å². The summed E-state index contributed by atoms with van der Waals surface area (Å²) in [5, 5.41) is 6.97. The normalized spacial score (nSPS) is 24.8. The molecule has 1 saturated heterocycles. The number of amides is 2. The molecule has 0 radical (unpaired) electrons. The molecular formula is C21H32ClN3O. The minimum atomic E-state index is -0.0190. The van der Waals surface area contributed by atoms with Crippen LogP contribution >= 0.6 is 11.6 Å². The number of hydrogen-bond acceptors (Lipinski definition) is 2. The fraction of sp³-hybridized carbons (Fsp3) is 0.667. The first kappa shape index (κ1) is 19.5. The van der Waals surface area contributed by atoms with Crippen LogP contribution < -0.4 is 10.6 Å². The van der Waals surface area contributed by atoms with E-state index >= 15 is 0 Å². The maximum absolute atomic E-state index is 12.1. The Morgan fingerprint density at radius 3 is 2.50 bits per heavy atom. The molecule has 1 aromatic carbocycles. The number of halogens is 1. The van der Waals surface area contributed by atoms with Crippen molar-refractivity contribution in [2.45, 2.75) is 70.5 Å². The first-order chi connectivity index (χ1) is 12.5. The van der Waals surface area contributed by atoms with Gasteiger partial charge in [-0.1, -0.05) is 23.7 Å². The fourth-order valence-corrected chi connectivity index (χ4v) is 4.59. The molecule has 2 amide bonds. The van der Waals surface area contributed by atoms with Crippen LogP contribution in [0.4, 0.5) is 4.79 Å². The average Bonchev–Trinajstić information content (AvgIpc) is 3.05. The lowest BCUT2D eigenvalue weighted by molar-refractivity contribution is 0.118. The van der Waals surface area contributed by atoms with Gasteiger partial charge < -0.3 is 10.6 Å². The van der Waals surface area contributed by atoms with Crippen molar-refractivity contribution in [2.75, 3.05) is 13.1 Å². The van der Waals surface area contributed by atoms with Crippen molar-refractivity contribution < 1.29 is 4.79 Å². The molecule has 0 spiro atoms. The maximum Gasteiger partial charge on any atom is 0.315 e. The molecule has 1 heterocycles. The molecule has 1 aliphatic carbocycles. The molecule has 5 heteroatoms. The summed E-state index contributed by atoms with van der Waals surface area (Å²) in [5.41, 5.74) is 1.39. The highest BCUT2D eigenvalue weighted by molar-refractivity contribution is 6.30. The lowest BCUT2D eigenvalue weighted by atomic mass is 9.89. The lowest BCUT2D eigenvalue weighted by Crippen LogP contribution is -2.53. The van der Waals surface area contributed by atoms with Crippen molar-refractivity contribution in [1.82, 2.24) is 15.5 Å². The zero-order valence-corrected chi connectivity index (χ0v) is 16.8. The van der Waals surface area contributed by atoms with E-state index in [1.165, 1.54) is 31.2 Å². The molecule has 1 aliphatic heterocycles. The van der Waals surface area contributed by atoms with Crippen LogP contribution in [0.1, 0.15) is 51.5 Å². The summed E-state index contributed by atoms with van der Waals surface area (Å²) in [6.07, 6.45) is 7.14. The van der Waals surface area contributed by atoms with Gasteiger partial charge >= 0.3 is 6.03 Å². The van der Waals surface area contributed by atoms with Gasteiger partial charge in [0.15, 0.2) is 0 Å². The molecule has 26 heavy (non-hydrogen) atoms. The van der Waals surface area contributed by atoms with E-state index in [1.54, 1.807) is 0 Å². The summed E-state index contributed by atoms with van der Waals surface area (Å²) >= 11 is 5.98. The Labute approximate surface area is 162 Å². The van der Waals surface area contributed by atoms with Gasteiger partial charge in [0.05, 0.1) is 0 Å². The Morgan fingerprint density at radius 2 is 1.85 bits per heavy atom. The number of carbonyl (C=O) groups is 1. The number of carbonyl (C=O) groups excluding carboxylic acids is 1. The highest BCUT2D eigenvalue weighted by Gasteiger charge is 2.35. The number of nitrogens with zero attached hydrogens (tertiary/aromatic N) is 1. The molecule has 0 bridgehead atoms. The fourth-order valence-electron chi connectivity index (χ4n) is 4.46. The van der Waals surface area contributed by atoms with Crippen LogP contribution in [0.5, 0.6) is 0 Å². The highest BCUT2D eigenvalue weighted by atomic mass is 35.5. The number of piperidine rings is 1. The van der Waals surface area contributed by atoms with Crippen molar-refractivity contribution in [2.24, 2.45) is 5.92 Å². The second-order valence-electron chi connectivity index (χ2n) is 8.19. The van der Waals surface area contributed by atoms with E-state index < -0.39 is 0 Å². The smallest absolute Gasteiger partial charge is 0.315 e. The molecule has 2 N–H and O–H groups in total. The Morgan fingerprint density at radius 1 is 1.15 bits per heavy atom. The Bertz CT molecular complexity index is 581. The Hall–Kier alpha value is -1.26. The van der Waals surface area contributed by atoms with Crippen LogP contribution in [0, 0.1) is 5.92 Å². The SMILES string of the molecule is CC(C)NC(=O)NC1CCCC1N1CCC(Cc2ccc(Cl)cc2)CC1. The van der Waals surface area contributed by atoms with Gasteiger partial charge in [0.1, 0.15) is 0 Å². The Balaban J connectivity index is 1.47. The van der Waals surface area contributed by atoms with Gasteiger partial charge in [-0.25, -0.2) is 4.79 Å². The highest BCUT2D eigenvalue weighted by Crippen LogP contribution is 2.30. The minimum absolute atomic E-state index is 0.0190. The van der Waals surface area contributed by atoms with E-state index in [0.29, 0.717) is 12.1 Å². The van der Waals surface area contributed by atoms with Crippen LogP contribution in [0.3, 0.4) is 0 Å². The predicted molar refractivity (Wildman–Crippen MR) is 108 cm³/mol. The third kappa shape index (κ3) is 5.37. The van der Waals surface area contributed by atoms with E-state index in [1.807, 2.05) is 26.0 Å². The Kier molecular flexibility index (Phi) is 6.82. The largest absolute Gasteiger partial charge is 0.336 e. The van der Waals surface area contributed by atoms with E-state index in [4.69, 9.17) is 11.6 Å². The van der Waals surface area contributed by atoms with Gasteiger partial charge in [-0.2, -0.15) is 0 Å². The maximum atomic E-state index is 12.1. The number of rotatable bonds is 5. The topological polar surface area (TPSA) is 44.4 Å². The summed E-state index contributed by atoms with van der Waals surface area (Å²) < 4.78 is 0. The molecule has 2 aliphatic rings. The zero-order valence-electron chi connectivity index (χ0n) is 16.0. The van der Waals surface area contributed by atoms with E-state index in [2.05, 4.69) is 27.7 Å². The van der Waals surface area contributed by atoms with Crippen LogP contribution in [0.2, 0.25) is 5.02 Å². The number of hydrogen-bond donors (Lipinski definition) is 2. The van der Waals surface area contributed by atoms with Gasteiger partial charge in [-0.15, -0.1) is 0 Å². The molecule has 2 unspecified atom stereocenters. The molecule has 3 rings (SSSR count). The lowest BCUT2D eigenvalue weighted by Gasteiger charge is -2.38. The first-order valence-electron chi connectivity index (χ1n) is 10.1. The van der Waals surface area contributed by atoms with E-state index in [9.17, 15) is 4.79 Å². The molecule has 0 aromatic heterocycles. The molecule has 1 saturated carbocycles. The second-order valence-corrected chi connectivity index (χ2v) is 8.62. The summed E-state index contributed by atoms with van der Waals surface area (Å²) in [6, 6.07) is 9.24. The molecule has 2 atom stereocenters. The minimum Gasteiger partial charge on any atom is -0.336 e. The monoisotopic (exact) mass is 377 g/mol. The van der Waals surface area contributed by atoms with Crippen LogP contribution in [-0.4, -0.2) is 42.1 Å². The van der Waals surface area contributed by atoms with Gasteiger partial charge in [-0.3, -0.25) is 4.90 Å². The summed E-state index contributed by atoms with van der Waals surface area (Å²) in [7, 11) is 0. The molecule has 2 fully saturated rings. The standard InChI is InChI=1S/C21H32ClN3O/c1-15(2)23-21(26)24-19-4-3-5-20(19)25-12-10-17(11-13-25)14-16-6-8-18(22)9-7-16/h6-9,15,17,19-20H,3-5,10-14H2,1-2H3,(H2,23,24,26). The number of nitrogens with one attached hydrogen (secondary N) is 2. The van der Waals surface area contributed by atoms with E-state index in [0.717, 1.165) is 36.9 Å². The third-order valence-corrected chi connectivity index (χ3v) is 6.02. The molecule has 4 nitrogen and oxygen atoms in total. The van der Waals surface area contributed by atoms with Crippen molar-refractivity contribution >= 4 is 17.6 Å². The summed E-state index contributed by atoms with van der Waals surface area (Å²) in [5.74, 6) is 0.754. The zero-order chi connectivity index (χ0) is 18.5. The third-order valence-electron chi connectivity index (χ3n) is 5.77. The van der Waals surface area contributed by atoms with Gasteiger partial charge in [0, 0.05) is 23.1 Å². The van der Waals surface area contributed by atoms with Crippen molar-refractivity contribution in [3.05, 3.63) is 34.9 Å². The van der Waals surface area contributed by atoms with Crippen molar-refractivity contribution in [3.8, 4) is 0 Å². The molecule has 144 valence electrons. The number of benzene rings is 1. The van der Waals surface area contributed by atoms with E-state index in [-0.39, 0.29) is 12.1 Å². The van der Waals surface area contributed by atoms with Crippen molar-refractivity contribution in [3.63, 3.8) is 0 Å². The number of likely N-dealkylation sites (tertiary alicyclic amines) is 1. The van der Waals surface area contributed by atoms with Crippen LogP contribution in [-0.2, 0) is 6.42 Å². The van der Waals surface area contributed by atoms with Gasteiger partial charge in [0.25, 0.3) is 0 Å². The van der Waals surface area contributed by atoms with Crippen molar-refractivity contribution in [1.29, 1.82) is 0 Å². The predicted octanol–water partition coefficient (Wildman–Crippen LogP) is 4.22. The second kappa shape index (κ2) is 9.09. The van der Waals surface area contributed by atoms with Crippen LogP contribution in [0.25, 0.3) is 0 Å². The summed E-state index contributed by atoms with van der Waals surface area (Å²) in [4.78, 5) is 14.7. The van der Waals surface area contributed by atoms with Gasteiger partial charge in [-0.05, 0) is 89.1 Å². The molecular weight excluding hydrogens is 346 g/mol.